The van der Waals surface area contributed by atoms with Crippen molar-refractivity contribution in [2.75, 3.05) is 13.2 Å². The Labute approximate surface area is 146 Å². The lowest BCUT2D eigenvalue weighted by molar-refractivity contribution is -0.140. The number of hydrogen-bond acceptors (Lipinski definition) is 5. The normalized spacial score (nSPS) is 18.8. The van der Waals surface area contributed by atoms with Crippen molar-refractivity contribution in [1.29, 1.82) is 0 Å². The molecule has 6 nitrogen and oxygen atoms in total. The van der Waals surface area contributed by atoms with Crippen molar-refractivity contribution in [3.05, 3.63) is 54.1 Å². The second kappa shape index (κ2) is 6.95. The van der Waals surface area contributed by atoms with Crippen LogP contribution in [-0.4, -0.2) is 43.2 Å². The van der Waals surface area contributed by atoms with E-state index in [2.05, 4.69) is 0 Å². The number of nitrogens with zero attached hydrogens (tertiary/aromatic N) is 1. The van der Waals surface area contributed by atoms with Crippen molar-refractivity contribution in [2.24, 2.45) is 0 Å². The lowest BCUT2D eigenvalue weighted by atomic mass is 10.1. The Balaban J connectivity index is 1.96. The van der Waals surface area contributed by atoms with Crippen molar-refractivity contribution in [3.63, 3.8) is 0 Å². The molecule has 132 valence electrons. The Morgan fingerprint density at radius 2 is 1.96 bits per heavy atom. The number of aliphatic hydroxyl groups is 1. The smallest absolute Gasteiger partial charge is 0.337 e. The van der Waals surface area contributed by atoms with Gasteiger partial charge in [0.05, 0.1) is 17.1 Å². The molecule has 7 heteroatoms. The SMILES string of the molecule is CCOC(=O)C1=CCCN(S(=O)(=O)c2ccc3ccccc3c2)C1O. The summed E-state index contributed by atoms with van der Waals surface area (Å²) in [5, 5.41) is 12.1. The first kappa shape index (κ1) is 17.6. The van der Waals surface area contributed by atoms with E-state index in [0.717, 1.165) is 15.1 Å². The molecule has 0 saturated heterocycles. The van der Waals surface area contributed by atoms with Gasteiger partial charge in [-0.1, -0.05) is 36.4 Å². The fraction of sp³-hybridized carbons (Fsp3) is 0.278. The fourth-order valence-electron chi connectivity index (χ4n) is 2.85. The molecule has 1 aliphatic rings. The van der Waals surface area contributed by atoms with E-state index in [0.29, 0.717) is 6.42 Å². The van der Waals surface area contributed by atoms with Crippen LogP contribution < -0.4 is 0 Å². The van der Waals surface area contributed by atoms with E-state index in [1.807, 2.05) is 24.3 Å². The van der Waals surface area contributed by atoms with Crippen LogP contribution in [0.15, 0.2) is 59.0 Å². The summed E-state index contributed by atoms with van der Waals surface area (Å²) in [7, 11) is -3.95. The molecule has 0 aliphatic carbocycles. The van der Waals surface area contributed by atoms with Crippen molar-refractivity contribution in [3.8, 4) is 0 Å². The first-order valence-corrected chi connectivity index (χ1v) is 9.45. The molecule has 0 amide bonds. The van der Waals surface area contributed by atoms with Crippen molar-refractivity contribution in [1.82, 2.24) is 4.31 Å². The van der Waals surface area contributed by atoms with Crippen LogP contribution in [0.5, 0.6) is 0 Å². The number of ether oxygens (including phenoxy) is 1. The van der Waals surface area contributed by atoms with Gasteiger partial charge >= 0.3 is 5.97 Å². The lowest BCUT2D eigenvalue weighted by Gasteiger charge is -2.31. The Hall–Kier alpha value is -2.22. The highest BCUT2D eigenvalue weighted by atomic mass is 32.2. The van der Waals surface area contributed by atoms with E-state index in [4.69, 9.17) is 4.74 Å². The summed E-state index contributed by atoms with van der Waals surface area (Å²) in [6, 6.07) is 12.2. The minimum Gasteiger partial charge on any atom is -0.463 e. The van der Waals surface area contributed by atoms with Gasteiger partial charge in [0, 0.05) is 6.54 Å². The van der Waals surface area contributed by atoms with Gasteiger partial charge in [-0.2, -0.15) is 4.31 Å². The van der Waals surface area contributed by atoms with Crippen LogP contribution in [0.1, 0.15) is 13.3 Å². The molecule has 0 fully saturated rings. The second-order valence-electron chi connectivity index (χ2n) is 5.67. The molecule has 1 unspecified atom stereocenters. The number of aliphatic hydroxyl groups excluding tert-OH is 1. The van der Waals surface area contributed by atoms with Gasteiger partial charge in [-0.3, -0.25) is 0 Å². The Morgan fingerprint density at radius 1 is 1.24 bits per heavy atom. The number of sulfonamides is 1. The minimum atomic E-state index is -3.95. The van der Waals surface area contributed by atoms with Gasteiger partial charge in [-0.25, -0.2) is 13.2 Å². The Morgan fingerprint density at radius 3 is 2.68 bits per heavy atom. The number of benzene rings is 2. The zero-order valence-corrected chi connectivity index (χ0v) is 14.6. The maximum Gasteiger partial charge on any atom is 0.337 e. The van der Waals surface area contributed by atoms with Crippen LogP contribution in [0, 0.1) is 0 Å². The number of carbonyl (C=O) groups is 1. The van der Waals surface area contributed by atoms with Crippen molar-refractivity contribution in [2.45, 2.75) is 24.5 Å². The standard InChI is InChI=1S/C18H19NO5S/c1-2-24-18(21)16-8-5-11-19(17(16)20)25(22,23)15-10-9-13-6-3-4-7-14(13)12-15/h3-4,6-10,12,17,20H,2,5,11H2,1H3. The number of carbonyl (C=O) groups excluding carboxylic acids is 1. The molecule has 1 N–H and O–H groups in total. The highest BCUT2D eigenvalue weighted by molar-refractivity contribution is 7.89. The molecular formula is C18H19NO5S. The third kappa shape index (κ3) is 3.30. The van der Waals surface area contributed by atoms with Gasteiger partial charge in [-0.15, -0.1) is 0 Å². The number of fused-ring (bicyclic) bond motifs is 1. The molecule has 2 aromatic rings. The van der Waals surface area contributed by atoms with E-state index in [9.17, 15) is 18.3 Å². The lowest BCUT2D eigenvalue weighted by Crippen LogP contribution is -2.45. The van der Waals surface area contributed by atoms with Crippen LogP contribution in [0.3, 0.4) is 0 Å². The van der Waals surface area contributed by atoms with E-state index < -0.39 is 22.2 Å². The highest BCUT2D eigenvalue weighted by Gasteiger charge is 2.37. The number of rotatable bonds is 4. The highest BCUT2D eigenvalue weighted by Crippen LogP contribution is 2.27. The monoisotopic (exact) mass is 361 g/mol. The van der Waals surface area contributed by atoms with E-state index >= 15 is 0 Å². The molecule has 0 spiro atoms. The summed E-state index contributed by atoms with van der Waals surface area (Å²) >= 11 is 0. The first-order chi connectivity index (χ1) is 11.9. The molecule has 0 aromatic heterocycles. The summed E-state index contributed by atoms with van der Waals surface area (Å²) in [4.78, 5) is 12.0. The van der Waals surface area contributed by atoms with Crippen LogP contribution in [0.25, 0.3) is 10.8 Å². The van der Waals surface area contributed by atoms with E-state index in [1.54, 1.807) is 19.1 Å². The maximum absolute atomic E-state index is 13.0. The van der Waals surface area contributed by atoms with Gasteiger partial charge in [-0.05, 0) is 36.2 Å². The third-order valence-corrected chi connectivity index (χ3v) is 5.95. The predicted octanol–water partition coefficient (Wildman–Crippen LogP) is 2.04. The predicted molar refractivity (Wildman–Crippen MR) is 93.2 cm³/mol. The largest absolute Gasteiger partial charge is 0.463 e. The van der Waals surface area contributed by atoms with Crippen LogP contribution in [0.2, 0.25) is 0 Å². The summed E-state index contributed by atoms with van der Waals surface area (Å²) in [6.07, 6.45) is 0.303. The van der Waals surface area contributed by atoms with Crippen LogP contribution in [0.4, 0.5) is 0 Å². The minimum absolute atomic E-state index is 0.0440. The quantitative estimate of drug-likeness (QED) is 0.843. The van der Waals surface area contributed by atoms with Crippen LogP contribution >= 0.6 is 0 Å². The van der Waals surface area contributed by atoms with Crippen molar-refractivity contribution >= 4 is 26.8 Å². The van der Waals surface area contributed by atoms with Gasteiger partial charge in [0.15, 0.2) is 6.23 Å². The van der Waals surface area contributed by atoms with Crippen LogP contribution in [-0.2, 0) is 19.6 Å². The topological polar surface area (TPSA) is 83.9 Å². The van der Waals surface area contributed by atoms with Gasteiger partial charge in [0.2, 0.25) is 10.0 Å². The Bertz CT molecular complexity index is 935. The molecule has 2 aromatic carbocycles. The zero-order valence-electron chi connectivity index (χ0n) is 13.8. The van der Waals surface area contributed by atoms with E-state index in [-0.39, 0.29) is 23.6 Å². The summed E-state index contributed by atoms with van der Waals surface area (Å²) in [5.74, 6) is -0.701. The van der Waals surface area contributed by atoms with Gasteiger partial charge in [0.25, 0.3) is 0 Å². The fourth-order valence-corrected chi connectivity index (χ4v) is 4.36. The molecule has 1 aliphatic heterocycles. The zero-order chi connectivity index (χ0) is 18.0. The number of esters is 1. The molecule has 3 rings (SSSR count). The van der Waals surface area contributed by atoms with Crippen molar-refractivity contribution < 1.29 is 23.1 Å². The molecule has 1 atom stereocenters. The average molecular weight is 361 g/mol. The molecule has 25 heavy (non-hydrogen) atoms. The number of hydrogen-bond donors (Lipinski definition) is 1. The molecule has 0 saturated carbocycles. The molecule has 0 radical (unpaired) electrons. The first-order valence-electron chi connectivity index (χ1n) is 8.01. The summed E-state index contributed by atoms with van der Waals surface area (Å²) < 4.78 is 31.7. The van der Waals surface area contributed by atoms with Gasteiger partial charge in [0.1, 0.15) is 0 Å². The molecule has 0 bridgehead atoms. The summed E-state index contributed by atoms with van der Waals surface area (Å²) in [6.45, 7) is 1.90. The Kier molecular flexibility index (Phi) is 4.89. The van der Waals surface area contributed by atoms with Gasteiger partial charge < -0.3 is 9.84 Å². The maximum atomic E-state index is 13.0. The van der Waals surface area contributed by atoms with E-state index in [1.165, 1.54) is 12.1 Å². The third-order valence-electron chi connectivity index (χ3n) is 4.10. The average Bonchev–Trinajstić information content (AvgIpc) is 2.61. The summed E-state index contributed by atoms with van der Waals surface area (Å²) in [5.41, 5.74) is -0.0440. The molecular weight excluding hydrogens is 342 g/mol. The second-order valence-corrected chi connectivity index (χ2v) is 7.56. The molecule has 1 heterocycles.